The first kappa shape index (κ1) is 27.5. The van der Waals surface area contributed by atoms with E-state index < -0.39 is 15.8 Å². The van der Waals surface area contributed by atoms with Gasteiger partial charge in [-0.25, -0.2) is 27.2 Å². The molecule has 0 bridgehead atoms. The zero-order valence-corrected chi connectivity index (χ0v) is 23.7. The highest BCUT2D eigenvalue weighted by Crippen LogP contribution is 2.40. The fourth-order valence-corrected chi connectivity index (χ4v) is 6.82. The molecule has 2 aliphatic heterocycles. The highest BCUT2D eigenvalue weighted by Gasteiger charge is 2.39. The number of nitrogens with one attached hydrogen (secondary N) is 1. The summed E-state index contributed by atoms with van der Waals surface area (Å²) in [5, 5.41) is 5.30. The van der Waals surface area contributed by atoms with Crippen LogP contribution in [-0.4, -0.2) is 66.5 Å². The summed E-state index contributed by atoms with van der Waals surface area (Å²) < 4.78 is 52.2. The molecule has 1 aromatic carbocycles. The number of pyridine rings is 1. The van der Waals surface area contributed by atoms with Gasteiger partial charge in [-0.05, 0) is 48.4 Å². The lowest BCUT2D eigenvalue weighted by molar-refractivity contribution is -0.0120. The largest absolute Gasteiger partial charge is 0.368 e. The normalized spacial score (nSPS) is 21.3. The van der Waals surface area contributed by atoms with E-state index in [0.717, 1.165) is 16.5 Å². The summed E-state index contributed by atoms with van der Waals surface area (Å²) in [7, 11) is -3.03. The molecule has 0 saturated carbocycles. The van der Waals surface area contributed by atoms with Crippen molar-refractivity contribution in [2.24, 2.45) is 5.92 Å². The lowest BCUT2D eigenvalue weighted by atomic mass is 9.88. The van der Waals surface area contributed by atoms with Gasteiger partial charge in [0.15, 0.2) is 0 Å². The molecule has 0 amide bonds. The summed E-state index contributed by atoms with van der Waals surface area (Å²) >= 11 is 0. The van der Waals surface area contributed by atoms with E-state index in [1.807, 2.05) is 12.3 Å². The van der Waals surface area contributed by atoms with Gasteiger partial charge in [-0.2, -0.15) is 4.98 Å². The maximum atomic E-state index is 13.9. The zero-order chi connectivity index (χ0) is 27.9. The lowest BCUT2D eigenvalue weighted by Crippen LogP contribution is -2.57. The van der Waals surface area contributed by atoms with Gasteiger partial charge < -0.3 is 15.1 Å². The third-order valence-electron chi connectivity index (χ3n) is 7.93. The first-order chi connectivity index (χ1) is 18.5. The van der Waals surface area contributed by atoms with Crippen molar-refractivity contribution in [2.75, 3.05) is 46.3 Å². The van der Waals surface area contributed by atoms with Gasteiger partial charge in [-0.3, -0.25) is 0 Å². The monoisotopic (exact) mass is 558 g/mol. The number of rotatable bonds is 8. The van der Waals surface area contributed by atoms with E-state index in [0.29, 0.717) is 31.1 Å². The van der Waals surface area contributed by atoms with Crippen LogP contribution in [0.4, 0.5) is 32.1 Å². The van der Waals surface area contributed by atoms with Crippen LogP contribution in [0.15, 0.2) is 36.7 Å². The van der Waals surface area contributed by atoms with Gasteiger partial charge in [0.25, 0.3) is 5.92 Å². The van der Waals surface area contributed by atoms with Crippen LogP contribution in [0.25, 0.3) is 10.8 Å². The molecular formula is C28H36F2N6O2S. The molecule has 0 aliphatic carbocycles. The molecule has 0 unspecified atom stereocenters. The zero-order valence-electron chi connectivity index (χ0n) is 22.9. The van der Waals surface area contributed by atoms with Crippen LogP contribution < -0.4 is 15.1 Å². The molecule has 2 fully saturated rings. The Hall–Kier alpha value is -3.08. The average molecular weight is 559 g/mol. The third kappa shape index (κ3) is 5.78. The second-order valence-electron chi connectivity index (χ2n) is 11.0. The molecule has 0 radical (unpaired) electrons. The predicted molar refractivity (Wildman–Crippen MR) is 152 cm³/mol. The number of anilines is 4. The van der Waals surface area contributed by atoms with E-state index in [1.165, 1.54) is 10.5 Å². The Morgan fingerprint density at radius 2 is 1.95 bits per heavy atom. The first-order valence-electron chi connectivity index (χ1n) is 13.6. The molecule has 4 heterocycles. The van der Waals surface area contributed by atoms with Crippen LogP contribution >= 0.6 is 0 Å². The SMILES string of the molecule is CCS(=O)(=O)C[C@H]1CN(c2ccc(C(C)C)c3cc(Nc4ccnc(N5CCCC(F)(F)C5)n4)ncc23)[C@@H]1C. The smallest absolute Gasteiger partial charge is 0.265 e. The summed E-state index contributed by atoms with van der Waals surface area (Å²) in [6.45, 7) is 8.86. The van der Waals surface area contributed by atoms with E-state index in [-0.39, 0.29) is 48.3 Å². The molecule has 8 nitrogen and oxygen atoms in total. The number of halogens is 2. The number of aromatic nitrogens is 3. The second-order valence-corrected chi connectivity index (χ2v) is 13.4. The average Bonchev–Trinajstić information content (AvgIpc) is 2.89. The molecule has 2 atom stereocenters. The maximum Gasteiger partial charge on any atom is 0.265 e. The minimum atomic E-state index is -3.03. The highest BCUT2D eigenvalue weighted by atomic mass is 32.2. The third-order valence-corrected chi connectivity index (χ3v) is 9.75. The molecule has 39 heavy (non-hydrogen) atoms. The maximum absolute atomic E-state index is 13.9. The van der Waals surface area contributed by atoms with Crippen molar-refractivity contribution in [3.8, 4) is 0 Å². The minimum Gasteiger partial charge on any atom is -0.368 e. The molecule has 5 rings (SSSR count). The number of alkyl halides is 2. The summed E-state index contributed by atoms with van der Waals surface area (Å²) in [4.78, 5) is 17.2. The Bertz CT molecular complexity index is 1470. The molecule has 1 N–H and O–H groups in total. The lowest BCUT2D eigenvalue weighted by Gasteiger charge is -2.48. The number of hydrogen-bond acceptors (Lipinski definition) is 8. The van der Waals surface area contributed by atoms with Gasteiger partial charge in [0.2, 0.25) is 5.95 Å². The predicted octanol–water partition coefficient (Wildman–Crippen LogP) is 5.39. The standard InChI is InChI=1S/C28H36F2N6O2S/c1-5-39(37,38)16-20-15-36(19(20)4)24-8-7-21(18(2)3)22-13-26(32-14-23(22)24)33-25-9-11-31-27(34-25)35-12-6-10-28(29,30)17-35/h7-9,11,13-14,18-20H,5-6,10,12,15-17H2,1-4H3,(H,31,32,33,34)/t19-,20-/m1/s1. The van der Waals surface area contributed by atoms with E-state index >= 15 is 0 Å². The molecule has 210 valence electrons. The fraction of sp³-hybridized carbons (Fsp3) is 0.536. The van der Waals surface area contributed by atoms with Crippen molar-refractivity contribution >= 4 is 43.9 Å². The second kappa shape index (κ2) is 10.5. The van der Waals surface area contributed by atoms with Gasteiger partial charge >= 0.3 is 0 Å². The van der Waals surface area contributed by atoms with Crippen molar-refractivity contribution in [3.63, 3.8) is 0 Å². The van der Waals surface area contributed by atoms with Crippen LogP contribution in [0.2, 0.25) is 0 Å². The van der Waals surface area contributed by atoms with E-state index in [9.17, 15) is 17.2 Å². The summed E-state index contributed by atoms with van der Waals surface area (Å²) in [6.07, 6.45) is 3.69. The molecule has 11 heteroatoms. The van der Waals surface area contributed by atoms with Gasteiger partial charge in [-0.15, -0.1) is 0 Å². The Balaban J connectivity index is 1.41. The van der Waals surface area contributed by atoms with E-state index in [2.05, 4.69) is 58.1 Å². The fourth-order valence-electron chi connectivity index (χ4n) is 5.55. The van der Waals surface area contributed by atoms with Gasteiger partial charge in [0.05, 0.1) is 12.3 Å². The van der Waals surface area contributed by atoms with Crippen molar-refractivity contribution in [2.45, 2.75) is 58.4 Å². The minimum absolute atomic E-state index is 0.107. The van der Waals surface area contributed by atoms with Crippen molar-refractivity contribution in [1.82, 2.24) is 15.0 Å². The number of nitrogens with zero attached hydrogens (tertiary/aromatic N) is 5. The van der Waals surface area contributed by atoms with Crippen molar-refractivity contribution in [1.29, 1.82) is 0 Å². The number of piperidine rings is 1. The quantitative estimate of drug-likeness (QED) is 0.394. The topological polar surface area (TPSA) is 91.3 Å². The Morgan fingerprint density at radius 1 is 1.15 bits per heavy atom. The summed E-state index contributed by atoms with van der Waals surface area (Å²) in [5.74, 6) is -0.621. The Morgan fingerprint density at radius 3 is 2.64 bits per heavy atom. The Kier molecular flexibility index (Phi) is 7.39. The number of sulfone groups is 1. The summed E-state index contributed by atoms with van der Waals surface area (Å²) in [5.41, 5.74) is 2.22. The van der Waals surface area contributed by atoms with Crippen LogP contribution in [0, 0.1) is 5.92 Å². The van der Waals surface area contributed by atoms with Crippen molar-refractivity contribution < 1.29 is 17.2 Å². The molecule has 3 aromatic rings. The van der Waals surface area contributed by atoms with Gasteiger partial charge in [-0.1, -0.05) is 26.8 Å². The molecule has 2 aromatic heterocycles. The molecule has 0 spiro atoms. The van der Waals surface area contributed by atoms with E-state index in [4.69, 9.17) is 0 Å². The molecular weight excluding hydrogens is 522 g/mol. The number of hydrogen-bond donors (Lipinski definition) is 1. The van der Waals surface area contributed by atoms with Gasteiger partial charge in [0.1, 0.15) is 21.5 Å². The Labute approximate surface area is 228 Å². The number of benzene rings is 1. The van der Waals surface area contributed by atoms with Crippen LogP contribution in [0.5, 0.6) is 0 Å². The highest BCUT2D eigenvalue weighted by molar-refractivity contribution is 7.91. The molecule has 2 aliphatic rings. The van der Waals surface area contributed by atoms with Crippen LogP contribution in [-0.2, 0) is 9.84 Å². The van der Waals surface area contributed by atoms with E-state index in [1.54, 1.807) is 19.2 Å². The van der Waals surface area contributed by atoms with Crippen LogP contribution in [0.3, 0.4) is 0 Å². The molecule has 2 saturated heterocycles. The van der Waals surface area contributed by atoms with Crippen LogP contribution in [0.1, 0.15) is 52.0 Å². The summed E-state index contributed by atoms with van der Waals surface area (Å²) in [6, 6.07) is 8.05. The number of fused-ring (bicyclic) bond motifs is 1. The first-order valence-corrected chi connectivity index (χ1v) is 15.4. The van der Waals surface area contributed by atoms with Crippen molar-refractivity contribution in [3.05, 3.63) is 42.2 Å². The van der Waals surface area contributed by atoms with Gasteiger partial charge in [0, 0.05) is 60.7 Å².